The number of aromatic amines is 1. The lowest BCUT2D eigenvalue weighted by atomic mass is 10.0. The van der Waals surface area contributed by atoms with Gasteiger partial charge >= 0.3 is 0 Å². The van der Waals surface area contributed by atoms with Crippen LogP contribution in [0.15, 0.2) is 97.2 Å². The summed E-state index contributed by atoms with van der Waals surface area (Å²) in [7, 11) is -7.33. The monoisotopic (exact) mass is 623 g/mol. The van der Waals surface area contributed by atoms with Crippen LogP contribution in [0.3, 0.4) is 0 Å². The van der Waals surface area contributed by atoms with Crippen molar-refractivity contribution < 1.29 is 30.3 Å². The predicted molar refractivity (Wildman–Crippen MR) is 165 cm³/mol. The van der Waals surface area contributed by atoms with Gasteiger partial charge in [0.05, 0.1) is 29.7 Å². The molecule has 4 aromatic carbocycles. The predicted octanol–water partition coefficient (Wildman–Crippen LogP) is 5.73. The quantitative estimate of drug-likeness (QED) is 0.177. The average Bonchev–Trinajstić information content (AvgIpc) is 3.40. The molecule has 2 heterocycles. The number of H-pyrrole nitrogens is 1. The van der Waals surface area contributed by atoms with Crippen LogP contribution in [0.2, 0.25) is 0 Å². The minimum absolute atomic E-state index is 0.310. The van der Waals surface area contributed by atoms with E-state index in [2.05, 4.69) is 15.5 Å². The van der Waals surface area contributed by atoms with E-state index >= 15 is 4.39 Å². The fraction of sp³-hybridized carbons (Fsp3) is 0.0690. The molecule has 0 radical (unpaired) electrons. The van der Waals surface area contributed by atoms with Crippen molar-refractivity contribution in [2.45, 2.75) is 0 Å². The highest BCUT2D eigenvalue weighted by Crippen LogP contribution is 2.31. The molecule has 0 unspecified atom stereocenters. The number of rotatable bonds is 4. The molecule has 0 aliphatic carbocycles. The molecule has 11 nitrogen and oxygen atoms in total. The molecule has 2 aromatic heterocycles. The summed E-state index contributed by atoms with van der Waals surface area (Å²) in [5, 5.41) is 12.3. The Labute approximate surface area is 247 Å². The molecule has 6 aromatic rings. The number of fused-ring (bicyclic) bond motifs is 2. The first-order chi connectivity index (χ1) is 20.2. The first-order valence-electron chi connectivity index (χ1n) is 12.4. The maximum absolute atomic E-state index is 15.0. The summed E-state index contributed by atoms with van der Waals surface area (Å²) in [6.07, 6.45) is 3.21. The number of nitrogens with zero attached hydrogens (tertiary/aromatic N) is 3. The van der Waals surface area contributed by atoms with E-state index in [0.29, 0.717) is 35.3 Å². The van der Waals surface area contributed by atoms with Gasteiger partial charge in [-0.15, -0.1) is 0 Å². The van der Waals surface area contributed by atoms with Gasteiger partial charge in [-0.1, -0.05) is 54.6 Å². The molecule has 4 N–H and O–H groups in total. The number of anilines is 2. The zero-order valence-electron chi connectivity index (χ0n) is 22.8. The van der Waals surface area contributed by atoms with E-state index in [1.807, 2.05) is 78.9 Å². The van der Waals surface area contributed by atoms with Gasteiger partial charge in [0, 0.05) is 27.6 Å². The number of hydrogen-bond acceptors (Lipinski definition) is 8. The van der Waals surface area contributed by atoms with Crippen molar-refractivity contribution in [2.24, 2.45) is 0 Å². The van der Waals surface area contributed by atoms with Crippen LogP contribution in [-0.2, 0) is 20.2 Å². The van der Waals surface area contributed by atoms with E-state index in [4.69, 9.17) is 19.1 Å². The van der Waals surface area contributed by atoms with Gasteiger partial charge in [0.1, 0.15) is 11.6 Å². The van der Waals surface area contributed by atoms with E-state index in [0.717, 1.165) is 33.1 Å². The second-order valence-corrected chi connectivity index (χ2v) is 12.2. The van der Waals surface area contributed by atoms with Crippen molar-refractivity contribution in [1.82, 2.24) is 20.2 Å². The Morgan fingerprint density at radius 3 is 2.09 bits per heavy atom. The summed E-state index contributed by atoms with van der Waals surface area (Å²) in [6, 6.07) is 28.3. The largest absolute Gasteiger partial charge is 0.340 e. The van der Waals surface area contributed by atoms with Gasteiger partial charge in [0.2, 0.25) is 0 Å². The van der Waals surface area contributed by atoms with Gasteiger partial charge in [-0.25, -0.2) is 14.4 Å². The van der Waals surface area contributed by atoms with E-state index in [9.17, 15) is 16.8 Å². The molecular formula is C29H26FN5O6S2. The van der Waals surface area contributed by atoms with Crippen molar-refractivity contribution >= 4 is 53.5 Å². The zero-order valence-corrected chi connectivity index (χ0v) is 24.4. The highest BCUT2D eigenvalue weighted by atomic mass is 32.2. The van der Waals surface area contributed by atoms with Crippen molar-refractivity contribution in [1.29, 1.82) is 0 Å². The molecule has 222 valence electrons. The van der Waals surface area contributed by atoms with Gasteiger partial charge in [0.15, 0.2) is 5.82 Å². The molecular weight excluding hydrogens is 597 g/mol. The Hall–Kier alpha value is -4.76. The highest BCUT2D eigenvalue weighted by molar-refractivity contribution is 7.85. The number of halogens is 1. The molecule has 0 aliphatic heterocycles. The maximum atomic E-state index is 15.0. The second kappa shape index (κ2) is 13.0. The van der Waals surface area contributed by atoms with Crippen LogP contribution >= 0.6 is 0 Å². The molecule has 0 amide bonds. The van der Waals surface area contributed by atoms with Crippen LogP contribution in [0.5, 0.6) is 0 Å². The third-order valence-corrected chi connectivity index (χ3v) is 5.62. The number of para-hydroxylation sites is 1. The third kappa shape index (κ3) is 9.37. The fourth-order valence-electron chi connectivity index (χ4n) is 3.96. The van der Waals surface area contributed by atoms with Crippen LogP contribution in [0.1, 0.15) is 0 Å². The van der Waals surface area contributed by atoms with E-state index in [1.54, 1.807) is 12.3 Å². The Morgan fingerprint density at radius 2 is 1.42 bits per heavy atom. The molecule has 14 heteroatoms. The number of aromatic nitrogens is 4. The van der Waals surface area contributed by atoms with E-state index < -0.39 is 20.2 Å². The molecule has 0 spiro atoms. The third-order valence-electron chi connectivity index (χ3n) is 5.62. The first kappa shape index (κ1) is 31.2. The van der Waals surface area contributed by atoms with E-state index in [1.165, 1.54) is 6.07 Å². The highest BCUT2D eigenvalue weighted by Gasteiger charge is 2.13. The van der Waals surface area contributed by atoms with Crippen molar-refractivity contribution in [3.8, 4) is 22.5 Å². The van der Waals surface area contributed by atoms with Crippen LogP contribution in [-0.4, -0.2) is 58.6 Å². The van der Waals surface area contributed by atoms with Gasteiger partial charge in [-0.3, -0.25) is 14.2 Å². The number of benzene rings is 4. The van der Waals surface area contributed by atoms with Gasteiger partial charge in [-0.05, 0) is 42.0 Å². The lowest BCUT2D eigenvalue weighted by Crippen LogP contribution is -2.00. The lowest BCUT2D eigenvalue weighted by molar-refractivity contribution is 0.488. The molecule has 0 saturated heterocycles. The minimum Gasteiger partial charge on any atom is -0.340 e. The van der Waals surface area contributed by atoms with Gasteiger partial charge < -0.3 is 5.32 Å². The Balaban J connectivity index is 0.000000369. The van der Waals surface area contributed by atoms with E-state index in [-0.39, 0.29) is 5.82 Å². The first-order valence-corrected chi connectivity index (χ1v) is 16.1. The molecule has 43 heavy (non-hydrogen) atoms. The molecule has 0 atom stereocenters. The fourth-order valence-corrected chi connectivity index (χ4v) is 3.96. The molecule has 6 rings (SSSR count). The normalized spacial score (nSPS) is 11.3. The Kier molecular flexibility index (Phi) is 9.46. The van der Waals surface area contributed by atoms with Crippen molar-refractivity contribution in [3.63, 3.8) is 0 Å². The summed E-state index contributed by atoms with van der Waals surface area (Å²) in [5.41, 5.74) is 4.62. The van der Waals surface area contributed by atoms with Gasteiger partial charge in [0.25, 0.3) is 20.2 Å². The van der Waals surface area contributed by atoms with Crippen molar-refractivity contribution in [3.05, 3.63) is 103 Å². The summed E-state index contributed by atoms with van der Waals surface area (Å²) < 4.78 is 66.8. The Morgan fingerprint density at radius 1 is 0.767 bits per heavy atom. The second-order valence-electron chi connectivity index (χ2n) is 9.24. The smallest absolute Gasteiger partial charge is 0.261 e. The van der Waals surface area contributed by atoms with Crippen molar-refractivity contribution in [2.75, 3.05) is 17.8 Å². The topological polar surface area (TPSA) is 175 Å². The summed E-state index contributed by atoms with van der Waals surface area (Å²) in [5.74, 6) is 0.806. The van der Waals surface area contributed by atoms with Crippen LogP contribution in [0, 0.1) is 5.82 Å². The molecule has 0 fully saturated rings. The SMILES string of the molecule is CS(=O)(=O)O.CS(=O)(=O)O.Fc1cc(-c2nc(Nc3ccc4[nH]ncc4c3)c3ccccc3n2)ccc1-c1ccccc1. The minimum atomic E-state index is -3.67. The van der Waals surface area contributed by atoms with Crippen LogP contribution < -0.4 is 5.32 Å². The Bertz CT molecular complexity index is 2060. The van der Waals surface area contributed by atoms with Gasteiger partial charge in [-0.2, -0.15) is 21.9 Å². The molecule has 0 aliphatic rings. The maximum Gasteiger partial charge on any atom is 0.261 e. The summed E-state index contributed by atoms with van der Waals surface area (Å²) in [6.45, 7) is 0. The van der Waals surface area contributed by atoms with Crippen LogP contribution in [0.25, 0.3) is 44.3 Å². The average molecular weight is 624 g/mol. The standard InChI is InChI=1S/C27H18FN5.2CH4O3S/c28-23-15-18(10-12-21(23)17-6-2-1-3-7-17)26-31-25-9-5-4-8-22(25)27(32-26)30-20-11-13-24-19(14-20)16-29-33-24;2*1-5(2,3)4/h1-16H,(H,29,33)(H,30,31,32);2*1H3,(H,2,3,4). The number of hydrogen-bond donors (Lipinski definition) is 4. The summed E-state index contributed by atoms with van der Waals surface area (Å²) >= 11 is 0. The van der Waals surface area contributed by atoms with Crippen LogP contribution in [0.4, 0.5) is 15.9 Å². The summed E-state index contributed by atoms with van der Waals surface area (Å²) in [4.78, 5) is 9.47. The lowest BCUT2D eigenvalue weighted by Gasteiger charge is -2.12. The molecule has 0 bridgehead atoms. The zero-order chi connectivity index (χ0) is 31.2. The number of nitrogens with one attached hydrogen (secondary N) is 2. The molecule has 0 saturated carbocycles.